The van der Waals surface area contributed by atoms with Crippen LogP contribution in [0.15, 0.2) is 36.4 Å². The van der Waals surface area contributed by atoms with Crippen molar-refractivity contribution in [2.45, 2.75) is 25.6 Å². The quantitative estimate of drug-likeness (QED) is 0.440. The van der Waals surface area contributed by atoms with Gasteiger partial charge in [-0.25, -0.2) is 4.79 Å². The van der Waals surface area contributed by atoms with Crippen molar-refractivity contribution in [2.75, 3.05) is 14.2 Å². The Balaban J connectivity index is 2.67. The van der Waals surface area contributed by atoms with E-state index < -0.39 is 8.56 Å². The number of hydrogen-bond acceptors (Lipinski definition) is 4. The molecule has 1 aromatic carbocycles. The Bertz CT molecular complexity index is 440. The fraction of sp³-hybridized carbons (Fsp3) is 0.400. The molecule has 1 rings (SSSR count). The summed E-state index contributed by atoms with van der Waals surface area (Å²) >= 11 is 0. The van der Waals surface area contributed by atoms with Crippen LogP contribution in [0.2, 0.25) is 6.55 Å². The van der Waals surface area contributed by atoms with Crippen LogP contribution in [0.3, 0.4) is 0 Å². The molecule has 0 saturated carbocycles. The molecule has 0 aliphatic carbocycles. The van der Waals surface area contributed by atoms with Gasteiger partial charge in [0.2, 0.25) is 0 Å². The SMILES string of the molecule is CCC(OC(=O)C=Cc1ccccc1)[Si](C)(OC)OC. The van der Waals surface area contributed by atoms with Crippen LogP contribution in [0.25, 0.3) is 6.08 Å². The smallest absolute Gasteiger partial charge is 0.376 e. The molecule has 4 nitrogen and oxygen atoms in total. The number of benzene rings is 1. The summed E-state index contributed by atoms with van der Waals surface area (Å²) in [5, 5.41) is 0. The molecule has 0 bridgehead atoms. The number of ether oxygens (including phenoxy) is 1. The summed E-state index contributed by atoms with van der Waals surface area (Å²) in [6.45, 7) is 3.83. The fourth-order valence-electron chi connectivity index (χ4n) is 1.82. The molecular formula is C15H22O4Si. The van der Waals surface area contributed by atoms with Crippen molar-refractivity contribution in [1.29, 1.82) is 0 Å². The monoisotopic (exact) mass is 294 g/mol. The molecule has 0 heterocycles. The van der Waals surface area contributed by atoms with E-state index >= 15 is 0 Å². The average Bonchev–Trinajstić information content (AvgIpc) is 2.50. The molecular weight excluding hydrogens is 272 g/mol. The van der Waals surface area contributed by atoms with E-state index in [0.29, 0.717) is 6.42 Å². The maximum absolute atomic E-state index is 11.9. The lowest BCUT2D eigenvalue weighted by molar-refractivity contribution is -0.141. The topological polar surface area (TPSA) is 44.8 Å². The van der Waals surface area contributed by atoms with Crippen LogP contribution in [-0.2, 0) is 18.4 Å². The normalized spacial score (nSPS) is 13.4. The maximum Gasteiger partial charge on any atom is 0.376 e. The number of esters is 1. The van der Waals surface area contributed by atoms with Crippen LogP contribution in [-0.4, -0.2) is 34.5 Å². The summed E-state index contributed by atoms with van der Waals surface area (Å²) in [4.78, 5) is 11.9. The third-order valence-corrected chi connectivity index (χ3v) is 6.55. The number of hydrogen-bond donors (Lipinski definition) is 0. The Labute approximate surface area is 121 Å². The van der Waals surface area contributed by atoms with E-state index in [2.05, 4.69) is 0 Å². The molecule has 0 aliphatic rings. The second-order valence-electron chi connectivity index (χ2n) is 4.50. The molecule has 0 spiro atoms. The number of carbonyl (C=O) groups excluding carboxylic acids is 1. The van der Waals surface area contributed by atoms with Crippen LogP contribution in [0.1, 0.15) is 18.9 Å². The molecule has 0 fully saturated rings. The summed E-state index contributed by atoms with van der Waals surface area (Å²) in [5.41, 5.74) is 0.626. The summed E-state index contributed by atoms with van der Waals surface area (Å²) in [6, 6.07) is 9.60. The van der Waals surface area contributed by atoms with Gasteiger partial charge in [0.1, 0.15) is 5.73 Å². The molecule has 0 aliphatic heterocycles. The highest BCUT2D eigenvalue weighted by atomic mass is 28.4. The van der Waals surface area contributed by atoms with Crippen molar-refractivity contribution in [1.82, 2.24) is 0 Å². The van der Waals surface area contributed by atoms with E-state index in [9.17, 15) is 4.79 Å². The highest BCUT2D eigenvalue weighted by Gasteiger charge is 2.41. The van der Waals surface area contributed by atoms with Gasteiger partial charge in [0.05, 0.1) is 0 Å². The average molecular weight is 294 g/mol. The first-order chi connectivity index (χ1) is 9.55. The summed E-state index contributed by atoms with van der Waals surface area (Å²) in [7, 11) is 0.704. The molecule has 1 unspecified atom stereocenters. The Morgan fingerprint density at radius 2 is 1.85 bits per heavy atom. The number of carbonyl (C=O) groups is 1. The third-order valence-electron chi connectivity index (χ3n) is 3.24. The van der Waals surface area contributed by atoms with E-state index in [0.717, 1.165) is 5.56 Å². The van der Waals surface area contributed by atoms with E-state index in [1.54, 1.807) is 20.3 Å². The highest BCUT2D eigenvalue weighted by Crippen LogP contribution is 2.17. The van der Waals surface area contributed by atoms with Gasteiger partial charge in [-0.3, -0.25) is 0 Å². The van der Waals surface area contributed by atoms with Crippen LogP contribution in [0.4, 0.5) is 0 Å². The van der Waals surface area contributed by atoms with Crippen LogP contribution in [0, 0.1) is 0 Å². The van der Waals surface area contributed by atoms with Crippen LogP contribution >= 0.6 is 0 Å². The third kappa shape index (κ3) is 4.59. The minimum atomic E-state index is -2.47. The molecule has 110 valence electrons. The zero-order valence-corrected chi connectivity index (χ0v) is 13.5. The molecule has 0 saturated heterocycles. The Morgan fingerprint density at radius 1 is 1.25 bits per heavy atom. The van der Waals surface area contributed by atoms with Crippen molar-refractivity contribution in [3.05, 3.63) is 42.0 Å². The van der Waals surface area contributed by atoms with Gasteiger partial charge in [0, 0.05) is 20.3 Å². The van der Waals surface area contributed by atoms with Gasteiger partial charge in [-0.15, -0.1) is 0 Å². The molecule has 0 radical (unpaired) electrons. The Kier molecular flexibility index (Phi) is 6.64. The summed E-state index contributed by atoms with van der Waals surface area (Å²) in [6.07, 6.45) is 3.82. The van der Waals surface area contributed by atoms with Gasteiger partial charge in [0.25, 0.3) is 0 Å². The van der Waals surface area contributed by atoms with Crippen LogP contribution in [0.5, 0.6) is 0 Å². The van der Waals surface area contributed by atoms with Crippen LogP contribution < -0.4 is 0 Å². The van der Waals surface area contributed by atoms with Crippen molar-refractivity contribution in [3.63, 3.8) is 0 Å². The second kappa shape index (κ2) is 7.99. The molecule has 5 heteroatoms. The van der Waals surface area contributed by atoms with Crippen molar-refractivity contribution in [3.8, 4) is 0 Å². The van der Waals surface area contributed by atoms with Gasteiger partial charge in [-0.2, -0.15) is 0 Å². The zero-order valence-electron chi connectivity index (χ0n) is 12.5. The lowest BCUT2D eigenvalue weighted by Crippen LogP contribution is -2.51. The Hall–Kier alpha value is -1.43. The first-order valence-corrected chi connectivity index (χ1v) is 8.99. The first kappa shape index (κ1) is 16.6. The molecule has 0 aromatic heterocycles. The van der Waals surface area contributed by atoms with Gasteiger partial charge < -0.3 is 13.6 Å². The van der Waals surface area contributed by atoms with Crippen molar-refractivity contribution < 1.29 is 18.4 Å². The van der Waals surface area contributed by atoms with Gasteiger partial charge in [0.15, 0.2) is 0 Å². The maximum atomic E-state index is 11.9. The van der Waals surface area contributed by atoms with Gasteiger partial charge in [-0.05, 0) is 24.6 Å². The lowest BCUT2D eigenvalue weighted by atomic mass is 10.2. The fourth-order valence-corrected chi connectivity index (χ4v) is 3.58. The summed E-state index contributed by atoms with van der Waals surface area (Å²) < 4.78 is 16.3. The highest BCUT2D eigenvalue weighted by molar-refractivity contribution is 6.67. The predicted molar refractivity (Wildman–Crippen MR) is 81.3 cm³/mol. The van der Waals surface area contributed by atoms with E-state index in [1.165, 1.54) is 6.08 Å². The van der Waals surface area contributed by atoms with E-state index in [1.807, 2.05) is 43.8 Å². The second-order valence-corrected chi connectivity index (χ2v) is 7.99. The van der Waals surface area contributed by atoms with E-state index in [-0.39, 0.29) is 11.7 Å². The molecule has 0 amide bonds. The van der Waals surface area contributed by atoms with Gasteiger partial charge in [-0.1, -0.05) is 37.3 Å². The predicted octanol–water partition coefficient (Wildman–Crippen LogP) is 2.93. The van der Waals surface area contributed by atoms with Crippen molar-refractivity contribution in [2.24, 2.45) is 0 Å². The minimum Gasteiger partial charge on any atom is -0.457 e. The zero-order chi connectivity index (χ0) is 15.0. The van der Waals surface area contributed by atoms with E-state index in [4.69, 9.17) is 13.6 Å². The molecule has 20 heavy (non-hydrogen) atoms. The Morgan fingerprint density at radius 3 is 2.35 bits per heavy atom. The van der Waals surface area contributed by atoms with Crippen molar-refractivity contribution >= 4 is 20.6 Å². The molecule has 1 aromatic rings. The molecule has 0 N–H and O–H groups in total. The standard InChI is InChI=1S/C15H22O4Si/c1-5-15(20(4,17-2)18-3)19-14(16)12-11-13-9-7-6-8-10-13/h6-12,15H,5H2,1-4H3. The molecule has 1 atom stereocenters. The number of rotatable bonds is 7. The lowest BCUT2D eigenvalue weighted by Gasteiger charge is -2.30. The first-order valence-electron chi connectivity index (χ1n) is 6.59. The summed E-state index contributed by atoms with van der Waals surface area (Å²) in [5.74, 6) is -0.381. The van der Waals surface area contributed by atoms with Gasteiger partial charge >= 0.3 is 14.5 Å². The minimum absolute atomic E-state index is 0.328. The largest absolute Gasteiger partial charge is 0.457 e.